The largest absolute Gasteiger partial charge is 0.496 e. The molecule has 0 spiro atoms. The fourth-order valence-corrected chi connectivity index (χ4v) is 2.72. The van der Waals surface area contributed by atoms with Crippen LogP contribution < -0.4 is 15.2 Å². The molecular weight excluding hydrogens is 402 g/mol. The Morgan fingerprint density at radius 2 is 1.81 bits per heavy atom. The summed E-state index contributed by atoms with van der Waals surface area (Å²) in [5, 5.41) is 0. The number of hydrogen-bond acceptors (Lipinski definition) is 5. The van der Waals surface area contributed by atoms with Gasteiger partial charge in [0.1, 0.15) is 23.6 Å². The molecule has 0 atom stereocenters. The summed E-state index contributed by atoms with van der Waals surface area (Å²) in [6, 6.07) is 3.64. The van der Waals surface area contributed by atoms with Gasteiger partial charge < -0.3 is 15.2 Å². The molecule has 0 unspecified atom stereocenters. The summed E-state index contributed by atoms with van der Waals surface area (Å²) in [4.78, 5) is 8.20. The smallest absolute Gasteiger partial charge is 0.227 e. The van der Waals surface area contributed by atoms with E-state index < -0.39 is 0 Å². The van der Waals surface area contributed by atoms with E-state index in [1.165, 1.54) is 6.33 Å². The molecule has 7 heteroatoms. The molecule has 0 fully saturated rings. The molecule has 5 nitrogen and oxygen atoms in total. The summed E-state index contributed by atoms with van der Waals surface area (Å²) in [6.07, 6.45) is 3.09. The zero-order valence-electron chi connectivity index (χ0n) is 11.7. The molecular formula is C14H15Br2N3O2. The molecule has 2 rings (SSSR count). The highest BCUT2D eigenvalue weighted by atomic mass is 79.9. The van der Waals surface area contributed by atoms with Crippen LogP contribution in [0.5, 0.6) is 17.4 Å². The normalized spacial score (nSPS) is 10.5. The minimum atomic E-state index is 0.450. The van der Waals surface area contributed by atoms with Crippen molar-refractivity contribution in [3.8, 4) is 17.4 Å². The number of nitrogen functional groups attached to an aromatic ring is 1. The highest BCUT2D eigenvalue weighted by Crippen LogP contribution is 2.38. The first kappa shape index (κ1) is 16.0. The van der Waals surface area contributed by atoms with Gasteiger partial charge in [0.25, 0.3) is 0 Å². The van der Waals surface area contributed by atoms with Crippen molar-refractivity contribution in [3.63, 3.8) is 0 Å². The van der Waals surface area contributed by atoms with Crippen LogP contribution in [-0.4, -0.2) is 17.1 Å². The summed E-state index contributed by atoms with van der Waals surface area (Å²) in [7, 11) is 1.61. The topological polar surface area (TPSA) is 70.3 Å². The molecule has 112 valence electrons. The number of methoxy groups -OCH3 is 1. The molecule has 0 radical (unpaired) electrons. The van der Waals surface area contributed by atoms with E-state index in [1.54, 1.807) is 7.11 Å². The molecule has 2 aromatic rings. The third-order valence-electron chi connectivity index (χ3n) is 2.85. The number of benzene rings is 1. The van der Waals surface area contributed by atoms with Crippen molar-refractivity contribution in [2.24, 2.45) is 0 Å². The van der Waals surface area contributed by atoms with Crippen molar-refractivity contribution in [2.75, 3.05) is 12.8 Å². The summed E-state index contributed by atoms with van der Waals surface area (Å²) in [6.45, 7) is 2.07. The second-order valence-corrected chi connectivity index (χ2v) is 6.02. The Morgan fingerprint density at radius 1 is 1.14 bits per heavy atom. The first-order valence-electron chi connectivity index (χ1n) is 6.37. The average molecular weight is 417 g/mol. The fourth-order valence-electron chi connectivity index (χ4n) is 1.83. The van der Waals surface area contributed by atoms with Gasteiger partial charge in [-0.2, -0.15) is 0 Å². The van der Waals surface area contributed by atoms with Gasteiger partial charge in [-0.25, -0.2) is 9.97 Å². The van der Waals surface area contributed by atoms with Crippen LogP contribution in [0, 0.1) is 0 Å². The van der Waals surface area contributed by atoms with Crippen molar-refractivity contribution in [1.29, 1.82) is 0 Å². The Morgan fingerprint density at radius 3 is 2.48 bits per heavy atom. The number of rotatable bonds is 5. The van der Waals surface area contributed by atoms with Gasteiger partial charge in [0.15, 0.2) is 0 Å². The molecule has 0 amide bonds. The number of anilines is 1. The maximum atomic E-state index is 5.90. The van der Waals surface area contributed by atoms with Crippen LogP contribution in [0.4, 0.5) is 5.82 Å². The lowest BCUT2D eigenvalue weighted by atomic mass is 10.2. The lowest BCUT2D eigenvalue weighted by Crippen LogP contribution is -2.03. The Balaban J connectivity index is 2.39. The monoisotopic (exact) mass is 415 g/mol. The van der Waals surface area contributed by atoms with E-state index in [1.807, 2.05) is 12.1 Å². The van der Waals surface area contributed by atoms with E-state index in [-0.39, 0.29) is 0 Å². The highest BCUT2D eigenvalue weighted by Gasteiger charge is 2.14. The predicted octanol–water partition coefficient (Wildman–Crippen LogP) is 4.34. The summed E-state index contributed by atoms with van der Waals surface area (Å²) in [5.74, 6) is 2.26. The van der Waals surface area contributed by atoms with E-state index in [0.29, 0.717) is 23.2 Å². The van der Waals surface area contributed by atoms with Gasteiger partial charge in [0.05, 0.1) is 21.6 Å². The first-order valence-corrected chi connectivity index (χ1v) is 7.95. The molecule has 1 aromatic heterocycles. The van der Waals surface area contributed by atoms with Crippen molar-refractivity contribution < 1.29 is 9.47 Å². The lowest BCUT2D eigenvalue weighted by molar-refractivity contribution is 0.408. The van der Waals surface area contributed by atoms with E-state index in [2.05, 4.69) is 48.8 Å². The fraction of sp³-hybridized carbons (Fsp3) is 0.286. The number of hydrogen-bond donors (Lipinski definition) is 1. The first-order chi connectivity index (χ1) is 10.1. The van der Waals surface area contributed by atoms with Crippen LogP contribution in [0.15, 0.2) is 27.4 Å². The molecule has 21 heavy (non-hydrogen) atoms. The number of ether oxygens (including phenoxy) is 2. The Hall–Kier alpha value is -1.34. The minimum Gasteiger partial charge on any atom is -0.496 e. The Labute approximate surface area is 140 Å². The molecule has 1 heterocycles. The number of nitrogens with zero attached hydrogens (tertiary/aromatic N) is 2. The van der Waals surface area contributed by atoms with Gasteiger partial charge in [0.2, 0.25) is 5.88 Å². The zero-order chi connectivity index (χ0) is 15.4. The van der Waals surface area contributed by atoms with Gasteiger partial charge in [0, 0.05) is 0 Å². The Kier molecular flexibility index (Phi) is 5.41. The van der Waals surface area contributed by atoms with E-state index in [4.69, 9.17) is 15.2 Å². The number of halogens is 2. The van der Waals surface area contributed by atoms with Gasteiger partial charge >= 0.3 is 0 Å². The average Bonchev–Trinajstić information content (AvgIpc) is 2.46. The predicted molar refractivity (Wildman–Crippen MR) is 88.9 cm³/mol. The molecule has 0 aliphatic rings. The van der Waals surface area contributed by atoms with Crippen LogP contribution in [0.3, 0.4) is 0 Å². The van der Waals surface area contributed by atoms with Crippen LogP contribution in [0.25, 0.3) is 0 Å². The molecule has 2 N–H and O–H groups in total. The molecule has 0 aliphatic carbocycles. The van der Waals surface area contributed by atoms with Crippen LogP contribution in [0.2, 0.25) is 0 Å². The summed E-state index contributed by atoms with van der Waals surface area (Å²) < 4.78 is 12.7. The molecule has 1 aromatic carbocycles. The van der Waals surface area contributed by atoms with Gasteiger partial charge in [-0.1, -0.05) is 13.3 Å². The quantitative estimate of drug-likeness (QED) is 0.784. The van der Waals surface area contributed by atoms with Gasteiger partial charge in [-0.15, -0.1) is 0 Å². The third-order valence-corrected chi connectivity index (χ3v) is 4.09. The van der Waals surface area contributed by atoms with Crippen LogP contribution in [0.1, 0.15) is 18.9 Å². The minimum absolute atomic E-state index is 0.450. The van der Waals surface area contributed by atoms with Crippen LogP contribution in [-0.2, 0) is 6.42 Å². The van der Waals surface area contributed by atoms with E-state index in [0.717, 1.165) is 27.4 Å². The molecule has 0 saturated heterocycles. The molecule has 0 aliphatic heterocycles. The second kappa shape index (κ2) is 7.09. The van der Waals surface area contributed by atoms with Crippen molar-refractivity contribution >= 4 is 37.7 Å². The van der Waals surface area contributed by atoms with Crippen molar-refractivity contribution in [3.05, 3.63) is 33.0 Å². The summed E-state index contributed by atoms with van der Waals surface area (Å²) >= 11 is 6.90. The maximum Gasteiger partial charge on any atom is 0.227 e. The zero-order valence-corrected chi connectivity index (χ0v) is 14.9. The van der Waals surface area contributed by atoms with Crippen molar-refractivity contribution in [2.45, 2.75) is 19.8 Å². The number of nitrogens with two attached hydrogens (primary N) is 1. The van der Waals surface area contributed by atoms with E-state index >= 15 is 0 Å². The SMILES string of the molecule is CCCc1c(N)ncnc1Oc1cc(Br)c(OC)cc1Br. The number of aromatic nitrogens is 2. The second-order valence-electron chi connectivity index (χ2n) is 4.31. The Bertz CT molecular complexity index is 650. The summed E-state index contributed by atoms with van der Waals surface area (Å²) in [5.41, 5.74) is 6.72. The lowest BCUT2D eigenvalue weighted by Gasteiger charge is -2.13. The van der Waals surface area contributed by atoms with Gasteiger partial charge in [-0.05, 0) is 50.4 Å². The van der Waals surface area contributed by atoms with Gasteiger partial charge in [-0.3, -0.25) is 0 Å². The molecule has 0 bridgehead atoms. The maximum absolute atomic E-state index is 5.90. The molecule has 0 saturated carbocycles. The van der Waals surface area contributed by atoms with E-state index in [9.17, 15) is 0 Å². The standard InChI is InChI=1S/C14H15Br2N3O2/c1-3-4-8-13(17)18-7-19-14(8)21-12-6-9(15)11(20-2)5-10(12)16/h5-7H,3-4H2,1-2H3,(H2,17,18,19). The highest BCUT2D eigenvalue weighted by molar-refractivity contribution is 9.11. The third kappa shape index (κ3) is 3.65. The van der Waals surface area contributed by atoms with Crippen LogP contribution >= 0.6 is 31.9 Å². The van der Waals surface area contributed by atoms with Crippen molar-refractivity contribution in [1.82, 2.24) is 9.97 Å².